The van der Waals surface area contributed by atoms with Gasteiger partial charge in [-0.1, -0.05) is 31.2 Å². The molecule has 170 valence electrons. The normalized spacial score (nSPS) is 18.0. The quantitative estimate of drug-likeness (QED) is 0.628. The molecule has 3 rings (SSSR count). The minimum Gasteiger partial charge on any atom is -0.370 e. The predicted octanol–water partition coefficient (Wildman–Crippen LogP) is 2.34. The Morgan fingerprint density at radius 3 is 2.81 bits per heavy atom. The van der Waals surface area contributed by atoms with E-state index >= 15 is 0 Å². The molecular weight excluding hydrogens is 404 g/mol. The summed E-state index contributed by atoms with van der Waals surface area (Å²) in [5.41, 5.74) is 8.43. The molecule has 2 atom stereocenters. The molecule has 0 aliphatic carbocycles. The first kappa shape index (κ1) is 23.6. The van der Waals surface area contributed by atoms with Crippen LogP contribution in [0.1, 0.15) is 38.2 Å². The summed E-state index contributed by atoms with van der Waals surface area (Å²) in [5.74, 6) is -0.707. The van der Waals surface area contributed by atoms with Crippen molar-refractivity contribution in [3.8, 4) is 11.3 Å². The second kappa shape index (κ2) is 11.5. The van der Waals surface area contributed by atoms with Gasteiger partial charge >= 0.3 is 0 Å². The van der Waals surface area contributed by atoms with Gasteiger partial charge in [-0.15, -0.1) is 0 Å². The molecule has 1 aliphatic rings. The van der Waals surface area contributed by atoms with Crippen LogP contribution in [0.2, 0.25) is 0 Å². The molecule has 2 aromatic rings. The molecule has 1 aromatic heterocycles. The maximum absolute atomic E-state index is 12.7. The Labute approximate surface area is 189 Å². The van der Waals surface area contributed by atoms with Crippen LogP contribution < -0.4 is 11.1 Å². The largest absolute Gasteiger partial charge is 0.370 e. The van der Waals surface area contributed by atoms with E-state index in [0.29, 0.717) is 13.0 Å². The van der Waals surface area contributed by atoms with E-state index in [0.717, 1.165) is 37.2 Å². The van der Waals surface area contributed by atoms with Crippen LogP contribution in [0.25, 0.3) is 11.3 Å². The van der Waals surface area contributed by atoms with Crippen molar-refractivity contribution in [2.45, 2.75) is 45.1 Å². The SMILES string of the molecule is C[C@@H](CC(N)=O)CC(=O)NC1CCCN(CCc2cccc(-c3ccccn3)c2)CC1=O. The second-order valence-electron chi connectivity index (χ2n) is 8.65. The molecule has 2 heterocycles. The Hall–Kier alpha value is -3.06. The molecule has 1 saturated heterocycles. The van der Waals surface area contributed by atoms with Crippen LogP contribution in [0.3, 0.4) is 0 Å². The van der Waals surface area contributed by atoms with Gasteiger partial charge in [0.05, 0.1) is 18.3 Å². The zero-order chi connectivity index (χ0) is 22.9. The standard InChI is InChI=1S/C25H32N4O3/c1-18(14-24(26)31)15-25(32)28-22-9-5-12-29(17-23(22)30)13-10-19-6-4-7-20(16-19)21-8-2-3-11-27-21/h2-4,6-8,11,16,18,22H,5,9-10,12-15,17H2,1H3,(H2,26,31)(H,28,32)/t18-,22?/m0/s1. The highest BCUT2D eigenvalue weighted by atomic mass is 16.2. The second-order valence-corrected chi connectivity index (χ2v) is 8.65. The lowest BCUT2D eigenvalue weighted by molar-refractivity contribution is -0.128. The van der Waals surface area contributed by atoms with Crippen molar-refractivity contribution in [2.24, 2.45) is 11.7 Å². The van der Waals surface area contributed by atoms with E-state index in [-0.39, 0.29) is 30.4 Å². The number of nitrogens with one attached hydrogen (secondary N) is 1. The van der Waals surface area contributed by atoms with Crippen molar-refractivity contribution < 1.29 is 14.4 Å². The summed E-state index contributed by atoms with van der Waals surface area (Å²) in [5, 5.41) is 2.86. The van der Waals surface area contributed by atoms with Crippen LogP contribution in [-0.4, -0.2) is 53.2 Å². The fraction of sp³-hybridized carbons (Fsp3) is 0.440. The fourth-order valence-electron chi connectivity index (χ4n) is 4.13. The van der Waals surface area contributed by atoms with Crippen LogP contribution in [0.15, 0.2) is 48.7 Å². The summed E-state index contributed by atoms with van der Waals surface area (Å²) in [7, 11) is 0. The van der Waals surface area contributed by atoms with E-state index in [1.54, 1.807) is 6.20 Å². The molecular formula is C25H32N4O3. The number of hydrogen-bond acceptors (Lipinski definition) is 5. The van der Waals surface area contributed by atoms with E-state index < -0.39 is 11.9 Å². The summed E-state index contributed by atoms with van der Waals surface area (Å²) >= 11 is 0. The number of nitrogens with zero attached hydrogens (tertiary/aromatic N) is 2. The number of primary amides is 1. The number of carbonyl (C=O) groups is 3. The zero-order valence-corrected chi connectivity index (χ0v) is 18.6. The average molecular weight is 437 g/mol. The number of amides is 2. The molecule has 1 fully saturated rings. The fourth-order valence-corrected chi connectivity index (χ4v) is 4.13. The highest BCUT2D eigenvalue weighted by molar-refractivity contribution is 5.90. The molecule has 0 saturated carbocycles. The Bertz CT molecular complexity index is 932. The number of carbonyl (C=O) groups excluding carboxylic acids is 3. The Kier molecular flexibility index (Phi) is 8.50. The summed E-state index contributed by atoms with van der Waals surface area (Å²) in [6.07, 6.45) is 4.49. The van der Waals surface area contributed by atoms with Gasteiger partial charge in [0.2, 0.25) is 11.8 Å². The lowest BCUT2D eigenvalue weighted by Crippen LogP contribution is -2.43. The molecule has 1 unspecified atom stereocenters. The maximum Gasteiger partial charge on any atom is 0.220 e. The molecule has 32 heavy (non-hydrogen) atoms. The van der Waals surface area contributed by atoms with Crippen LogP contribution in [0, 0.1) is 5.92 Å². The number of ketones is 1. The number of benzene rings is 1. The third-order valence-electron chi connectivity index (χ3n) is 5.76. The number of likely N-dealkylation sites (tertiary alicyclic amines) is 1. The maximum atomic E-state index is 12.7. The number of rotatable bonds is 9. The van der Waals surface area contributed by atoms with Gasteiger partial charge < -0.3 is 11.1 Å². The van der Waals surface area contributed by atoms with Crippen LogP contribution in [0.4, 0.5) is 0 Å². The summed E-state index contributed by atoms with van der Waals surface area (Å²) < 4.78 is 0. The predicted molar refractivity (Wildman–Crippen MR) is 124 cm³/mol. The lowest BCUT2D eigenvalue weighted by Gasteiger charge is -2.20. The number of Topliss-reactive ketones (excluding diaryl/α,β-unsaturated/α-hetero) is 1. The topological polar surface area (TPSA) is 105 Å². The minimum atomic E-state index is -0.458. The highest BCUT2D eigenvalue weighted by Gasteiger charge is 2.26. The minimum absolute atomic E-state index is 0.0423. The number of pyridine rings is 1. The molecule has 0 bridgehead atoms. The van der Waals surface area contributed by atoms with Crippen molar-refractivity contribution in [3.05, 3.63) is 54.2 Å². The first-order chi connectivity index (χ1) is 15.4. The van der Waals surface area contributed by atoms with Crippen LogP contribution >= 0.6 is 0 Å². The van der Waals surface area contributed by atoms with Gasteiger partial charge in [0.25, 0.3) is 0 Å². The Morgan fingerprint density at radius 2 is 2.06 bits per heavy atom. The van der Waals surface area contributed by atoms with Gasteiger partial charge in [0.1, 0.15) is 0 Å². The summed E-state index contributed by atoms with van der Waals surface area (Å²) in [4.78, 5) is 42.6. The van der Waals surface area contributed by atoms with Crippen molar-refractivity contribution in [1.29, 1.82) is 0 Å². The zero-order valence-electron chi connectivity index (χ0n) is 18.6. The Morgan fingerprint density at radius 1 is 1.22 bits per heavy atom. The first-order valence-corrected chi connectivity index (χ1v) is 11.2. The number of nitrogens with two attached hydrogens (primary N) is 1. The average Bonchev–Trinajstić information content (AvgIpc) is 2.93. The van der Waals surface area contributed by atoms with Crippen molar-refractivity contribution >= 4 is 17.6 Å². The summed E-state index contributed by atoms with van der Waals surface area (Å²) in [6.45, 7) is 3.76. The van der Waals surface area contributed by atoms with Crippen LogP contribution in [-0.2, 0) is 20.8 Å². The van der Waals surface area contributed by atoms with E-state index in [2.05, 4.69) is 33.4 Å². The molecule has 0 spiro atoms. The van der Waals surface area contributed by atoms with Crippen LogP contribution in [0.5, 0.6) is 0 Å². The van der Waals surface area contributed by atoms with Gasteiger partial charge in [0, 0.05) is 31.1 Å². The van der Waals surface area contributed by atoms with Gasteiger partial charge in [-0.2, -0.15) is 0 Å². The smallest absolute Gasteiger partial charge is 0.220 e. The number of hydrogen-bond donors (Lipinski definition) is 2. The van der Waals surface area contributed by atoms with E-state index in [1.165, 1.54) is 5.56 Å². The monoisotopic (exact) mass is 436 g/mol. The molecule has 2 amide bonds. The van der Waals surface area contributed by atoms with Crippen molar-refractivity contribution in [1.82, 2.24) is 15.2 Å². The molecule has 1 aliphatic heterocycles. The first-order valence-electron chi connectivity index (χ1n) is 11.2. The van der Waals surface area contributed by atoms with E-state index in [1.807, 2.05) is 31.2 Å². The molecule has 1 aromatic carbocycles. The van der Waals surface area contributed by atoms with Gasteiger partial charge in [-0.25, -0.2) is 0 Å². The van der Waals surface area contributed by atoms with Crippen molar-refractivity contribution in [2.75, 3.05) is 19.6 Å². The molecule has 7 nitrogen and oxygen atoms in total. The van der Waals surface area contributed by atoms with E-state index in [4.69, 9.17) is 5.73 Å². The molecule has 3 N–H and O–H groups in total. The van der Waals surface area contributed by atoms with E-state index in [9.17, 15) is 14.4 Å². The van der Waals surface area contributed by atoms with Crippen molar-refractivity contribution in [3.63, 3.8) is 0 Å². The third-order valence-corrected chi connectivity index (χ3v) is 5.76. The van der Waals surface area contributed by atoms with Gasteiger partial charge in [0.15, 0.2) is 5.78 Å². The number of aromatic nitrogens is 1. The highest BCUT2D eigenvalue weighted by Crippen LogP contribution is 2.19. The lowest BCUT2D eigenvalue weighted by atomic mass is 10.0. The third kappa shape index (κ3) is 7.27. The van der Waals surface area contributed by atoms with Gasteiger partial charge in [-0.3, -0.25) is 24.3 Å². The summed E-state index contributed by atoms with van der Waals surface area (Å²) in [6, 6.07) is 13.8. The van der Waals surface area contributed by atoms with Gasteiger partial charge in [-0.05, 0) is 55.5 Å². The molecule has 0 radical (unpaired) electrons. The Balaban J connectivity index is 1.50. The molecule has 7 heteroatoms.